The minimum absolute atomic E-state index is 0. The Morgan fingerprint density at radius 3 is 2.61 bits per heavy atom. The molecule has 1 saturated heterocycles. The summed E-state index contributed by atoms with van der Waals surface area (Å²) < 4.78 is 32.3. The van der Waals surface area contributed by atoms with Gasteiger partial charge in [0.15, 0.2) is 5.96 Å². The highest BCUT2D eigenvalue weighted by atomic mass is 127. The lowest BCUT2D eigenvalue weighted by atomic mass is 10.1. The summed E-state index contributed by atoms with van der Waals surface area (Å²) in [6.07, 6.45) is 0. The van der Waals surface area contributed by atoms with Gasteiger partial charge in [0, 0.05) is 23.7 Å². The number of aliphatic imine (C=N–C) groups is 1. The number of benzene rings is 1. The molecule has 3 rings (SSSR count). The van der Waals surface area contributed by atoms with Crippen LogP contribution in [-0.4, -0.2) is 45.0 Å². The number of halogens is 1. The Balaban J connectivity index is 0.00000280. The van der Waals surface area contributed by atoms with Crippen molar-refractivity contribution in [3.8, 4) is 0 Å². The van der Waals surface area contributed by atoms with E-state index in [4.69, 9.17) is 10.5 Å². The maximum absolute atomic E-state index is 12.6. The Morgan fingerprint density at radius 1 is 1.21 bits per heavy atom. The second-order valence-electron chi connectivity index (χ2n) is 6.36. The van der Waals surface area contributed by atoms with Gasteiger partial charge in [0.05, 0.1) is 19.8 Å². The molecule has 1 fully saturated rings. The Kier molecular flexibility index (Phi) is 8.25. The monoisotopic (exact) mass is 536 g/mol. The fraction of sp³-hybridized carbons (Fsp3) is 0.389. The molecule has 3 N–H and O–H groups in total. The average molecular weight is 536 g/mol. The number of sulfonamides is 1. The summed E-state index contributed by atoms with van der Waals surface area (Å²) in [6.45, 7) is 6.06. The van der Waals surface area contributed by atoms with Crippen LogP contribution in [0.2, 0.25) is 0 Å². The molecule has 0 aliphatic carbocycles. The second-order valence-corrected chi connectivity index (χ2v) is 9.70. The number of hydrogen-bond acceptors (Lipinski definition) is 5. The van der Waals surface area contributed by atoms with Gasteiger partial charge in [0.1, 0.15) is 4.21 Å². The third kappa shape index (κ3) is 5.66. The van der Waals surface area contributed by atoms with Crippen molar-refractivity contribution in [2.75, 3.05) is 31.6 Å². The minimum Gasteiger partial charge on any atom is -0.379 e. The summed E-state index contributed by atoms with van der Waals surface area (Å²) in [5.74, 6) is 0.296. The molecule has 2 aromatic rings. The molecule has 0 atom stereocenters. The van der Waals surface area contributed by atoms with E-state index in [1.54, 1.807) is 12.1 Å². The predicted octanol–water partition coefficient (Wildman–Crippen LogP) is 2.93. The summed E-state index contributed by atoms with van der Waals surface area (Å²) in [5, 5.41) is 3.06. The van der Waals surface area contributed by atoms with Crippen LogP contribution in [-0.2, 0) is 21.3 Å². The van der Waals surface area contributed by atoms with Crippen LogP contribution in [0.3, 0.4) is 0 Å². The van der Waals surface area contributed by atoms with Gasteiger partial charge in [-0.3, -0.25) is 0 Å². The summed E-state index contributed by atoms with van der Waals surface area (Å²) in [6, 6.07) is 9.39. The topological polar surface area (TPSA) is 97.0 Å². The van der Waals surface area contributed by atoms with Crippen LogP contribution in [0.5, 0.6) is 0 Å². The van der Waals surface area contributed by atoms with E-state index in [1.807, 2.05) is 25.1 Å². The molecule has 28 heavy (non-hydrogen) atoms. The van der Waals surface area contributed by atoms with Crippen molar-refractivity contribution in [2.24, 2.45) is 10.7 Å². The van der Waals surface area contributed by atoms with Crippen LogP contribution < -0.4 is 11.1 Å². The predicted molar refractivity (Wildman–Crippen MR) is 124 cm³/mol. The van der Waals surface area contributed by atoms with Crippen LogP contribution in [0.1, 0.15) is 16.0 Å². The van der Waals surface area contributed by atoms with Crippen molar-refractivity contribution in [2.45, 2.75) is 24.6 Å². The van der Waals surface area contributed by atoms with Crippen molar-refractivity contribution in [1.29, 1.82) is 0 Å². The quantitative estimate of drug-likeness (QED) is 0.348. The maximum Gasteiger partial charge on any atom is 0.252 e. The number of nitrogens with one attached hydrogen (secondary N) is 1. The number of aryl methyl sites for hydroxylation is 2. The van der Waals surface area contributed by atoms with E-state index >= 15 is 0 Å². The number of thiophene rings is 1. The summed E-state index contributed by atoms with van der Waals surface area (Å²) in [4.78, 5) is 5.15. The van der Waals surface area contributed by atoms with Crippen LogP contribution in [0.15, 0.2) is 39.5 Å². The Hall–Kier alpha value is -1.21. The zero-order valence-corrected chi connectivity index (χ0v) is 19.8. The SMILES string of the molecule is Cc1ccc(NC(N)=NCc2ccc(S(=O)(=O)N3CCOCC3)s2)cc1C.I. The molecule has 0 unspecified atom stereocenters. The molecule has 0 radical (unpaired) electrons. The fourth-order valence-corrected chi connectivity index (χ4v) is 5.51. The van der Waals surface area contributed by atoms with Gasteiger partial charge in [0.25, 0.3) is 10.0 Å². The van der Waals surface area contributed by atoms with Gasteiger partial charge in [-0.15, -0.1) is 35.3 Å². The fourth-order valence-electron chi connectivity index (χ4n) is 2.67. The van der Waals surface area contributed by atoms with E-state index in [1.165, 1.54) is 26.8 Å². The number of hydrogen-bond donors (Lipinski definition) is 2. The molecule has 154 valence electrons. The number of ether oxygens (including phenoxy) is 1. The summed E-state index contributed by atoms with van der Waals surface area (Å²) in [7, 11) is -3.46. The van der Waals surface area contributed by atoms with Crippen molar-refractivity contribution >= 4 is 57.0 Å². The van der Waals surface area contributed by atoms with Gasteiger partial charge in [-0.05, 0) is 49.2 Å². The zero-order chi connectivity index (χ0) is 19.4. The lowest BCUT2D eigenvalue weighted by molar-refractivity contribution is 0.0731. The smallest absolute Gasteiger partial charge is 0.252 e. The molecular weight excluding hydrogens is 511 g/mol. The first-order valence-electron chi connectivity index (χ1n) is 8.67. The third-order valence-electron chi connectivity index (χ3n) is 4.39. The van der Waals surface area contributed by atoms with E-state index in [-0.39, 0.29) is 24.0 Å². The zero-order valence-electron chi connectivity index (χ0n) is 15.8. The Labute approximate surface area is 187 Å². The summed E-state index contributed by atoms with van der Waals surface area (Å²) in [5.41, 5.74) is 9.21. The van der Waals surface area contributed by atoms with Crippen molar-refractivity contribution in [3.63, 3.8) is 0 Å². The van der Waals surface area contributed by atoms with Gasteiger partial charge in [-0.2, -0.15) is 4.31 Å². The molecule has 0 saturated carbocycles. The van der Waals surface area contributed by atoms with Crippen molar-refractivity contribution < 1.29 is 13.2 Å². The maximum atomic E-state index is 12.6. The number of guanidine groups is 1. The van der Waals surface area contributed by atoms with Crippen LogP contribution in [0, 0.1) is 13.8 Å². The first-order chi connectivity index (χ1) is 12.9. The Bertz CT molecular complexity index is 938. The molecular formula is C18H25IN4O3S2. The molecule has 1 aromatic heterocycles. The van der Waals surface area contributed by atoms with E-state index in [9.17, 15) is 8.42 Å². The third-order valence-corrected chi connectivity index (χ3v) is 7.82. The van der Waals surface area contributed by atoms with Crippen LogP contribution in [0.25, 0.3) is 0 Å². The second kappa shape index (κ2) is 10.0. The molecule has 1 aliphatic rings. The summed E-state index contributed by atoms with van der Waals surface area (Å²) >= 11 is 1.23. The molecule has 10 heteroatoms. The standard InChI is InChI=1S/C18H24N4O3S2.HI/c1-13-3-4-15(11-14(13)2)21-18(19)20-12-16-5-6-17(26-16)27(23,24)22-7-9-25-10-8-22;/h3-6,11H,7-10,12H2,1-2H3,(H3,19,20,21);1H. The molecule has 0 spiro atoms. The first-order valence-corrected chi connectivity index (χ1v) is 10.9. The average Bonchev–Trinajstić information content (AvgIpc) is 3.14. The normalized spacial score (nSPS) is 15.9. The van der Waals surface area contributed by atoms with Crippen molar-refractivity contribution in [1.82, 2.24) is 4.31 Å². The highest BCUT2D eigenvalue weighted by Gasteiger charge is 2.27. The minimum atomic E-state index is -3.46. The van der Waals surface area contributed by atoms with Gasteiger partial charge < -0.3 is 15.8 Å². The van der Waals surface area contributed by atoms with Gasteiger partial charge in [-0.25, -0.2) is 13.4 Å². The molecule has 1 aromatic carbocycles. The van der Waals surface area contributed by atoms with E-state index in [2.05, 4.69) is 17.2 Å². The number of anilines is 1. The number of nitrogens with zero attached hydrogens (tertiary/aromatic N) is 2. The lowest BCUT2D eigenvalue weighted by Crippen LogP contribution is -2.40. The van der Waals surface area contributed by atoms with Gasteiger partial charge in [-0.1, -0.05) is 6.07 Å². The van der Waals surface area contributed by atoms with Crippen LogP contribution >= 0.6 is 35.3 Å². The number of morpholine rings is 1. The van der Waals surface area contributed by atoms with Gasteiger partial charge >= 0.3 is 0 Å². The van der Waals surface area contributed by atoms with Crippen LogP contribution in [0.4, 0.5) is 5.69 Å². The lowest BCUT2D eigenvalue weighted by Gasteiger charge is -2.25. The van der Waals surface area contributed by atoms with E-state index < -0.39 is 10.0 Å². The number of rotatable bonds is 5. The van der Waals surface area contributed by atoms with E-state index in [0.717, 1.165) is 10.6 Å². The molecule has 0 amide bonds. The molecule has 2 heterocycles. The number of nitrogens with two attached hydrogens (primary N) is 1. The molecule has 1 aliphatic heterocycles. The van der Waals surface area contributed by atoms with Crippen molar-refractivity contribution in [3.05, 3.63) is 46.3 Å². The first kappa shape index (κ1) is 23.1. The van der Waals surface area contributed by atoms with Gasteiger partial charge in [0.2, 0.25) is 0 Å². The highest BCUT2D eigenvalue weighted by molar-refractivity contribution is 14.0. The molecule has 7 nitrogen and oxygen atoms in total. The largest absolute Gasteiger partial charge is 0.379 e. The Morgan fingerprint density at radius 2 is 1.93 bits per heavy atom. The molecule has 0 bridgehead atoms. The van der Waals surface area contributed by atoms with E-state index in [0.29, 0.717) is 43.0 Å². The highest BCUT2D eigenvalue weighted by Crippen LogP contribution is 2.26.